The maximum absolute atomic E-state index is 13.2. The van der Waals surface area contributed by atoms with Gasteiger partial charge in [0.1, 0.15) is 11.5 Å². The van der Waals surface area contributed by atoms with Crippen LogP contribution in [0.1, 0.15) is 24.1 Å². The summed E-state index contributed by atoms with van der Waals surface area (Å²) in [5.41, 5.74) is 2.81. The Labute approximate surface area is 174 Å². The number of rotatable bonds is 5. The fourth-order valence-corrected chi connectivity index (χ4v) is 3.39. The summed E-state index contributed by atoms with van der Waals surface area (Å²) in [6.07, 6.45) is 0. The van der Waals surface area contributed by atoms with Gasteiger partial charge in [0.25, 0.3) is 5.91 Å². The summed E-state index contributed by atoms with van der Waals surface area (Å²) in [5.74, 6) is 0.740. The number of hydrogen-bond acceptors (Lipinski definition) is 4. The molecule has 0 aromatic heterocycles. The fourth-order valence-electron chi connectivity index (χ4n) is 3.22. The number of urea groups is 1. The first kappa shape index (κ1) is 20.5. The van der Waals surface area contributed by atoms with Gasteiger partial charge in [-0.25, -0.2) is 4.79 Å². The average molecular weight is 416 g/mol. The summed E-state index contributed by atoms with van der Waals surface area (Å²) in [6.45, 7) is 3.51. The fraction of sp³-hybridized carbons (Fsp3) is 0.238. The van der Waals surface area contributed by atoms with Crippen LogP contribution in [0.3, 0.4) is 0 Å². The monoisotopic (exact) mass is 415 g/mol. The van der Waals surface area contributed by atoms with Crippen molar-refractivity contribution in [2.45, 2.75) is 19.9 Å². The first-order valence-corrected chi connectivity index (χ1v) is 9.30. The van der Waals surface area contributed by atoms with Gasteiger partial charge in [0.05, 0.1) is 25.8 Å². The van der Waals surface area contributed by atoms with Crippen LogP contribution in [0.25, 0.3) is 0 Å². The highest BCUT2D eigenvalue weighted by Gasteiger charge is 2.33. The smallest absolute Gasteiger partial charge is 0.319 e. The van der Waals surface area contributed by atoms with Crippen LogP contribution in [0.4, 0.5) is 10.5 Å². The molecule has 2 aromatic carbocycles. The van der Waals surface area contributed by atoms with Crippen LogP contribution in [0, 0.1) is 6.92 Å². The van der Waals surface area contributed by atoms with E-state index in [1.165, 1.54) is 7.11 Å². The van der Waals surface area contributed by atoms with Crippen molar-refractivity contribution >= 4 is 29.2 Å². The Morgan fingerprint density at radius 1 is 1.14 bits per heavy atom. The number of benzene rings is 2. The normalized spacial score (nSPS) is 16.0. The maximum Gasteiger partial charge on any atom is 0.319 e. The van der Waals surface area contributed by atoms with Crippen LogP contribution in [0.5, 0.6) is 11.5 Å². The van der Waals surface area contributed by atoms with Crippen molar-refractivity contribution in [3.05, 3.63) is 63.8 Å². The minimum Gasteiger partial charge on any atom is -0.497 e. The number of anilines is 1. The molecule has 0 unspecified atom stereocenters. The molecular weight excluding hydrogens is 394 g/mol. The van der Waals surface area contributed by atoms with Crippen molar-refractivity contribution in [1.29, 1.82) is 0 Å². The van der Waals surface area contributed by atoms with Gasteiger partial charge in [0, 0.05) is 28.0 Å². The van der Waals surface area contributed by atoms with Crippen molar-refractivity contribution in [3.8, 4) is 11.5 Å². The molecule has 7 nitrogen and oxygen atoms in total. The Bertz CT molecular complexity index is 1000. The van der Waals surface area contributed by atoms with Crippen molar-refractivity contribution in [2.24, 2.45) is 0 Å². The Morgan fingerprint density at radius 3 is 2.59 bits per heavy atom. The molecule has 1 heterocycles. The molecule has 0 radical (unpaired) electrons. The van der Waals surface area contributed by atoms with E-state index >= 15 is 0 Å². The third-order valence-electron chi connectivity index (χ3n) is 4.78. The lowest BCUT2D eigenvalue weighted by molar-refractivity contribution is -0.113. The van der Waals surface area contributed by atoms with E-state index in [1.807, 2.05) is 6.92 Å². The van der Waals surface area contributed by atoms with E-state index in [2.05, 4.69) is 16.0 Å². The molecule has 8 heteroatoms. The molecule has 1 atom stereocenters. The van der Waals surface area contributed by atoms with E-state index in [0.717, 1.165) is 5.56 Å². The zero-order valence-corrected chi connectivity index (χ0v) is 17.3. The molecular formula is C21H22ClN3O4. The van der Waals surface area contributed by atoms with E-state index in [9.17, 15) is 9.59 Å². The molecule has 3 N–H and O–H groups in total. The summed E-state index contributed by atoms with van der Waals surface area (Å²) >= 11 is 6.16. The van der Waals surface area contributed by atoms with E-state index in [4.69, 9.17) is 21.1 Å². The molecule has 29 heavy (non-hydrogen) atoms. The minimum absolute atomic E-state index is 0.358. The van der Waals surface area contributed by atoms with Gasteiger partial charge in [-0.15, -0.1) is 0 Å². The molecule has 0 saturated heterocycles. The van der Waals surface area contributed by atoms with Crippen LogP contribution in [0.2, 0.25) is 5.02 Å². The number of hydrogen-bond donors (Lipinski definition) is 3. The lowest BCUT2D eigenvalue weighted by Crippen LogP contribution is -2.46. The Morgan fingerprint density at radius 2 is 1.90 bits per heavy atom. The zero-order valence-electron chi connectivity index (χ0n) is 16.6. The van der Waals surface area contributed by atoms with E-state index < -0.39 is 12.1 Å². The van der Waals surface area contributed by atoms with Gasteiger partial charge >= 0.3 is 6.03 Å². The molecule has 3 rings (SSSR count). The van der Waals surface area contributed by atoms with Crippen LogP contribution < -0.4 is 25.4 Å². The van der Waals surface area contributed by atoms with Crippen molar-refractivity contribution in [2.75, 3.05) is 19.5 Å². The number of carbonyl (C=O) groups is 2. The van der Waals surface area contributed by atoms with Gasteiger partial charge in [-0.1, -0.05) is 17.7 Å². The number of nitrogens with one attached hydrogen (secondary N) is 3. The molecule has 1 aliphatic rings. The third-order valence-corrected chi connectivity index (χ3v) is 5.19. The molecule has 152 valence electrons. The topological polar surface area (TPSA) is 88.7 Å². The summed E-state index contributed by atoms with van der Waals surface area (Å²) in [6, 6.07) is 9.39. The van der Waals surface area contributed by atoms with Crippen molar-refractivity contribution < 1.29 is 19.1 Å². The van der Waals surface area contributed by atoms with E-state index in [0.29, 0.717) is 39.0 Å². The van der Waals surface area contributed by atoms with Gasteiger partial charge in [-0.05, 0) is 43.7 Å². The second kappa shape index (κ2) is 8.45. The first-order valence-electron chi connectivity index (χ1n) is 8.92. The summed E-state index contributed by atoms with van der Waals surface area (Å²) in [4.78, 5) is 25.3. The molecule has 2 aromatic rings. The summed E-state index contributed by atoms with van der Waals surface area (Å²) < 4.78 is 10.7. The largest absolute Gasteiger partial charge is 0.497 e. The summed E-state index contributed by atoms with van der Waals surface area (Å²) in [5, 5.41) is 8.90. The molecule has 3 amide bonds. The predicted octanol–water partition coefficient (Wildman–Crippen LogP) is 3.93. The average Bonchev–Trinajstić information content (AvgIpc) is 2.70. The van der Waals surface area contributed by atoms with Crippen LogP contribution in [-0.2, 0) is 4.79 Å². The molecule has 0 aliphatic carbocycles. The maximum atomic E-state index is 13.2. The van der Waals surface area contributed by atoms with Gasteiger partial charge in [0.15, 0.2) is 0 Å². The molecule has 0 saturated carbocycles. The van der Waals surface area contributed by atoms with Crippen LogP contribution in [0.15, 0.2) is 47.7 Å². The Hall–Kier alpha value is -3.19. The SMILES string of the molecule is COc1ccc([C@@H]2NC(=O)NC(C)=C2C(=O)Nc2cccc(Cl)c2C)c(OC)c1. The molecule has 0 spiro atoms. The molecule has 0 fully saturated rings. The zero-order chi connectivity index (χ0) is 21.1. The standard InChI is InChI=1S/C21H22ClN3O4/c1-11-15(22)6-5-7-16(11)24-20(26)18-12(2)23-21(27)25-19(18)14-9-8-13(28-3)10-17(14)29-4/h5-10,19H,1-4H3,(H,24,26)(H2,23,25,27)/t19-/m0/s1. The highest BCUT2D eigenvalue weighted by Crippen LogP contribution is 2.36. The first-order chi connectivity index (χ1) is 13.8. The van der Waals surface area contributed by atoms with Crippen LogP contribution in [-0.4, -0.2) is 26.2 Å². The number of halogens is 1. The number of amides is 3. The Balaban J connectivity index is 2.02. The lowest BCUT2D eigenvalue weighted by atomic mass is 9.93. The highest BCUT2D eigenvalue weighted by atomic mass is 35.5. The molecule has 0 bridgehead atoms. The quantitative estimate of drug-likeness (QED) is 0.690. The molecule has 1 aliphatic heterocycles. The van der Waals surface area contributed by atoms with Gasteiger partial charge in [0.2, 0.25) is 0 Å². The second-order valence-corrected chi connectivity index (χ2v) is 6.95. The third kappa shape index (κ3) is 4.14. The van der Waals surface area contributed by atoms with E-state index in [-0.39, 0.29) is 5.91 Å². The number of allylic oxidation sites excluding steroid dienone is 1. The van der Waals surface area contributed by atoms with Gasteiger partial charge < -0.3 is 25.4 Å². The minimum atomic E-state index is -0.705. The predicted molar refractivity (Wildman–Crippen MR) is 111 cm³/mol. The van der Waals surface area contributed by atoms with Crippen LogP contribution >= 0.6 is 11.6 Å². The number of ether oxygens (including phenoxy) is 2. The van der Waals surface area contributed by atoms with E-state index in [1.54, 1.807) is 50.4 Å². The number of carbonyl (C=O) groups excluding carboxylic acids is 2. The van der Waals surface area contributed by atoms with Crippen molar-refractivity contribution in [1.82, 2.24) is 10.6 Å². The van der Waals surface area contributed by atoms with Gasteiger partial charge in [-0.2, -0.15) is 0 Å². The lowest BCUT2D eigenvalue weighted by Gasteiger charge is -2.29. The number of methoxy groups -OCH3 is 2. The second-order valence-electron chi connectivity index (χ2n) is 6.54. The highest BCUT2D eigenvalue weighted by molar-refractivity contribution is 6.31. The summed E-state index contributed by atoms with van der Waals surface area (Å²) in [7, 11) is 3.07. The van der Waals surface area contributed by atoms with Crippen molar-refractivity contribution in [3.63, 3.8) is 0 Å². The Kier molecular flexibility index (Phi) is 5.98. The van der Waals surface area contributed by atoms with Gasteiger partial charge in [-0.3, -0.25) is 4.79 Å².